The fourth-order valence-corrected chi connectivity index (χ4v) is 0.980. The molecule has 1 atom stereocenters. The van der Waals surface area contributed by atoms with Gasteiger partial charge in [-0.3, -0.25) is 4.79 Å². The van der Waals surface area contributed by atoms with Crippen LogP contribution in [-0.4, -0.2) is 12.6 Å². The van der Waals surface area contributed by atoms with Crippen LogP contribution in [0, 0.1) is 5.92 Å². The molecule has 0 aromatic carbocycles. The molecule has 1 unspecified atom stereocenters. The Kier molecular flexibility index (Phi) is 7.36. The molecule has 0 fully saturated rings. The first-order valence-corrected chi connectivity index (χ1v) is 4.96. The summed E-state index contributed by atoms with van der Waals surface area (Å²) in [7, 11) is 0. The molecular weight excluding hydrogens is 164 g/mol. The predicted octanol–water partition coefficient (Wildman–Crippen LogP) is 2.93. The van der Waals surface area contributed by atoms with Crippen molar-refractivity contribution in [3.8, 4) is 0 Å². The third-order valence-electron chi connectivity index (χ3n) is 1.80. The van der Waals surface area contributed by atoms with Gasteiger partial charge in [0.05, 0.1) is 6.61 Å². The molecule has 0 aliphatic heterocycles. The van der Waals surface area contributed by atoms with Gasteiger partial charge in [-0.2, -0.15) is 0 Å². The second-order valence-corrected chi connectivity index (χ2v) is 3.32. The van der Waals surface area contributed by atoms with Crippen LogP contribution >= 0.6 is 0 Å². The Morgan fingerprint density at radius 1 is 1.54 bits per heavy atom. The number of rotatable bonds is 6. The quantitative estimate of drug-likeness (QED) is 0.468. The zero-order valence-electron chi connectivity index (χ0n) is 8.88. The summed E-state index contributed by atoms with van der Waals surface area (Å²) in [5, 5.41) is 0. The van der Waals surface area contributed by atoms with Gasteiger partial charge >= 0.3 is 5.97 Å². The molecule has 0 aromatic heterocycles. The molecule has 76 valence electrons. The molecule has 13 heavy (non-hydrogen) atoms. The lowest BCUT2D eigenvalue weighted by Gasteiger charge is -2.05. The van der Waals surface area contributed by atoms with E-state index in [-0.39, 0.29) is 5.97 Å². The van der Waals surface area contributed by atoms with Crippen molar-refractivity contribution < 1.29 is 9.53 Å². The van der Waals surface area contributed by atoms with Crippen LogP contribution in [0.3, 0.4) is 0 Å². The van der Waals surface area contributed by atoms with Crippen LogP contribution in [-0.2, 0) is 9.53 Å². The van der Waals surface area contributed by atoms with E-state index in [1.807, 2.05) is 0 Å². The molecule has 2 heteroatoms. The van der Waals surface area contributed by atoms with Gasteiger partial charge in [0, 0.05) is 6.92 Å². The normalized spacial score (nSPS) is 13.2. The summed E-state index contributed by atoms with van der Waals surface area (Å²) in [4.78, 5) is 10.4. The SMILES string of the molecule is CCCC=CC(C)CCOC(C)=O. The van der Waals surface area contributed by atoms with Gasteiger partial charge in [0.15, 0.2) is 0 Å². The standard InChI is InChI=1S/C11H20O2/c1-4-5-6-7-10(2)8-9-13-11(3)12/h6-7,10H,4-5,8-9H2,1-3H3. The molecule has 0 heterocycles. The molecule has 0 radical (unpaired) electrons. The van der Waals surface area contributed by atoms with Crippen molar-refractivity contribution in [2.75, 3.05) is 6.61 Å². The Balaban J connectivity index is 3.39. The second-order valence-electron chi connectivity index (χ2n) is 3.32. The van der Waals surface area contributed by atoms with E-state index in [4.69, 9.17) is 4.74 Å². The molecule has 0 spiro atoms. The van der Waals surface area contributed by atoms with Gasteiger partial charge in [-0.1, -0.05) is 32.4 Å². The number of ether oxygens (including phenoxy) is 1. The minimum absolute atomic E-state index is 0.190. The highest BCUT2D eigenvalue weighted by molar-refractivity contribution is 5.65. The third-order valence-corrected chi connectivity index (χ3v) is 1.80. The highest BCUT2D eigenvalue weighted by Gasteiger charge is 1.98. The Hall–Kier alpha value is -0.790. The number of carbonyl (C=O) groups is 1. The largest absolute Gasteiger partial charge is 0.466 e. The van der Waals surface area contributed by atoms with Crippen molar-refractivity contribution in [1.82, 2.24) is 0 Å². The van der Waals surface area contributed by atoms with Crippen LogP contribution in [0.5, 0.6) is 0 Å². The van der Waals surface area contributed by atoms with E-state index < -0.39 is 0 Å². The van der Waals surface area contributed by atoms with Gasteiger partial charge in [-0.25, -0.2) is 0 Å². The van der Waals surface area contributed by atoms with Crippen LogP contribution in [0.1, 0.15) is 40.0 Å². The Morgan fingerprint density at radius 2 is 2.23 bits per heavy atom. The molecule has 0 bridgehead atoms. The van der Waals surface area contributed by atoms with Crippen molar-refractivity contribution in [3.05, 3.63) is 12.2 Å². The monoisotopic (exact) mass is 184 g/mol. The summed E-state index contributed by atoms with van der Waals surface area (Å²) >= 11 is 0. The van der Waals surface area contributed by atoms with Crippen LogP contribution in [0.15, 0.2) is 12.2 Å². The van der Waals surface area contributed by atoms with Crippen molar-refractivity contribution in [2.45, 2.75) is 40.0 Å². The van der Waals surface area contributed by atoms with Crippen LogP contribution in [0.25, 0.3) is 0 Å². The number of carbonyl (C=O) groups excluding carboxylic acids is 1. The molecule has 0 aliphatic carbocycles. The molecule has 0 amide bonds. The maximum absolute atomic E-state index is 10.4. The molecule has 2 nitrogen and oxygen atoms in total. The molecule has 0 saturated carbocycles. The Bertz CT molecular complexity index is 161. The van der Waals surface area contributed by atoms with Crippen molar-refractivity contribution in [1.29, 1.82) is 0 Å². The molecule has 0 rings (SSSR count). The first-order chi connectivity index (χ1) is 6.16. The van der Waals surface area contributed by atoms with Crippen LogP contribution < -0.4 is 0 Å². The molecule has 0 saturated heterocycles. The van der Waals surface area contributed by atoms with E-state index in [0.717, 1.165) is 12.8 Å². The minimum Gasteiger partial charge on any atom is -0.466 e. The fourth-order valence-electron chi connectivity index (χ4n) is 0.980. The molecule has 0 aromatic rings. The Morgan fingerprint density at radius 3 is 2.77 bits per heavy atom. The number of hydrogen-bond acceptors (Lipinski definition) is 2. The van der Waals surface area contributed by atoms with Gasteiger partial charge in [0.25, 0.3) is 0 Å². The number of unbranched alkanes of at least 4 members (excludes halogenated alkanes) is 1. The maximum Gasteiger partial charge on any atom is 0.302 e. The van der Waals surface area contributed by atoms with Gasteiger partial charge in [-0.15, -0.1) is 0 Å². The van der Waals surface area contributed by atoms with E-state index in [0.29, 0.717) is 12.5 Å². The summed E-state index contributed by atoms with van der Waals surface area (Å²) < 4.78 is 4.85. The first-order valence-electron chi connectivity index (χ1n) is 4.96. The van der Waals surface area contributed by atoms with Gasteiger partial charge < -0.3 is 4.74 Å². The molecular formula is C11H20O2. The van der Waals surface area contributed by atoms with Gasteiger partial charge in [-0.05, 0) is 18.8 Å². The van der Waals surface area contributed by atoms with E-state index in [9.17, 15) is 4.79 Å². The third kappa shape index (κ3) is 9.12. The minimum atomic E-state index is -0.190. The lowest BCUT2D eigenvalue weighted by atomic mass is 10.1. The summed E-state index contributed by atoms with van der Waals surface area (Å²) in [5.41, 5.74) is 0. The fraction of sp³-hybridized carbons (Fsp3) is 0.727. The van der Waals surface area contributed by atoms with Gasteiger partial charge in [0.1, 0.15) is 0 Å². The summed E-state index contributed by atoms with van der Waals surface area (Å²) in [6.07, 6.45) is 7.62. The van der Waals surface area contributed by atoms with E-state index >= 15 is 0 Å². The lowest BCUT2D eigenvalue weighted by molar-refractivity contribution is -0.141. The zero-order valence-corrected chi connectivity index (χ0v) is 8.88. The van der Waals surface area contributed by atoms with Crippen molar-refractivity contribution in [2.24, 2.45) is 5.92 Å². The summed E-state index contributed by atoms with van der Waals surface area (Å²) in [6, 6.07) is 0. The van der Waals surface area contributed by atoms with Crippen molar-refractivity contribution in [3.63, 3.8) is 0 Å². The topological polar surface area (TPSA) is 26.3 Å². The number of esters is 1. The predicted molar refractivity (Wildman–Crippen MR) is 54.5 cm³/mol. The summed E-state index contributed by atoms with van der Waals surface area (Å²) in [5.74, 6) is 0.315. The smallest absolute Gasteiger partial charge is 0.302 e. The number of hydrogen-bond donors (Lipinski definition) is 0. The number of allylic oxidation sites excluding steroid dienone is 2. The average molecular weight is 184 g/mol. The zero-order chi connectivity index (χ0) is 10.1. The van der Waals surface area contributed by atoms with E-state index in [1.165, 1.54) is 13.3 Å². The van der Waals surface area contributed by atoms with Crippen molar-refractivity contribution >= 4 is 5.97 Å². The summed E-state index contributed by atoms with van der Waals surface area (Å²) in [6.45, 7) is 6.27. The first kappa shape index (κ1) is 12.2. The Labute approximate surface area is 81.0 Å². The highest BCUT2D eigenvalue weighted by Crippen LogP contribution is 2.05. The van der Waals surface area contributed by atoms with Gasteiger partial charge in [0.2, 0.25) is 0 Å². The van der Waals surface area contributed by atoms with E-state index in [1.54, 1.807) is 0 Å². The van der Waals surface area contributed by atoms with E-state index in [2.05, 4.69) is 26.0 Å². The maximum atomic E-state index is 10.4. The molecule has 0 N–H and O–H groups in total. The second kappa shape index (κ2) is 7.84. The highest BCUT2D eigenvalue weighted by atomic mass is 16.5. The lowest BCUT2D eigenvalue weighted by Crippen LogP contribution is -2.03. The van der Waals surface area contributed by atoms with Crippen LogP contribution in [0.4, 0.5) is 0 Å². The van der Waals surface area contributed by atoms with Crippen LogP contribution in [0.2, 0.25) is 0 Å². The molecule has 0 aliphatic rings. The average Bonchev–Trinajstić information content (AvgIpc) is 2.04.